The summed E-state index contributed by atoms with van der Waals surface area (Å²) in [6.45, 7) is 0. The molecule has 2 aromatic carbocycles. The molecule has 0 aliphatic rings. The number of benzene rings is 2. The minimum Gasteiger partial charge on any atom is -0.493 e. The van der Waals surface area contributed by atoms with Crippen LogP contribution in [0.25, 0.3) is 21.7 Å². The van der Waals surface area contributed by atoms with Gasteiger partial charge in [-0.2, -0.15) is 0 Å². The van der Waals surface area contributed by atoms with Gasteiger partial charge in [0.05, 0.1) is 19.7 Å². The highest BCUT2D eigenvalue weighted by molar-refractivity contribution is 6.67. The Balaban J connectivity index is 2.48. The number of pyridine rings is 1. The topological polar surface area (TPSA) is 31.4 Å². The number of rotatable bonds is 2. The van der Waals surface area contributed by atoms with Gasteiger partial charge in [0.25, 0.3) is 0 Å². The van der Waals surface area contributed by atoms with Crippen molar-refractivity contribution in [2.45, 2.75) is 3.79 Å². The van der Waals surface area contributed by atoms with Crippen molar-refractivity contribution in [3.05, 3.63) is 42.1 Å². The van der Waals surface area contributed by atoms with Crippen LogP contribution in [-0.4, -0.2) is 19.2 Å². The molecule has 3 nitrogen and oxygen atoms in total. The maximum Gasteiger partial charge on any atom is 0.233 e. The average molecular weight is 357 g/mol. The molecule has 0 aliphatic heterocycles. The highest BCUT2D eigenvalue weighted by Gasteiger charge is 2.28. The standard InChI is InChI=1S/C16H12Cl3NO2/c1-21-13-7-11-9-5-3-4-6-10(9)15(16(17,18)19)20-12(11)8-14(13)22-2/h3-8H,1-2H3. The van der Waals surface area contributed by atoms with Gasteiger partial charge >= 0.3 is 0 Å². The third kappa shape index (κ3) is 2.54. The summed E-state index contributed by atoms with van der Waals surface area (Å²) in [5.74, 6) is 1.21. The summed E-state index contributed by atoms with van der Waals surface area (Å²) < 4.78 is 9.07. The first kappa shape index (κ1) is 15.5. The van der Waals surface area contributed by atoms with Crippen molar-refractivity contribution in [1.82, 2.24) is 4.98 Å². The van der Waals surface area contributed by atoms with Crippen LogP contribution in [0.3, 0.4) is 0 Å². The van der Waals surface area contributed by atoms with Crippen LogP contribution < -0.4 is 9.47 Å². The molecule has 0 amide bonds. The number of alkyl halides is 3. The van der Waals surface area contributed by atoms with Gasteiger partial charge in [-0.05, 0) is 11.5 Å². The number of hydrogen-bond donors (Lipinski definition) is 0. The lowest BCUT2D eigenvalue weighted by Gasteiger charge is -2.16. The molecule has 0 spiro atoms. The molecule has 0 saturated heterocycles. The molecule has 0 bridgehead atoms. The molecule has 114 valence electrons. The van der Waals surface area contributed by atoms with E-state index in [4.69, 9.17) is 44.3 Å². The number of methoxy groups -OCH3 is 2. The fraction of sp³-hybridized carbons (Fsp3) is 0.188. The Labute approximate surface area is 142 Å². The molecule has 3 rings (SSSR count). The summed E-state index contributed by atoms with van der Waals surface area (Å²) in [5.41, 5.74) is 1.07. The fourth-order valence-electron chi connectivity index (χ4n) is 2.50. The quantitative estimate of drug-likeness (QED) is 0.465. The third-order valence-corrected chi connectivity index (χ3v) is 4.01. The fourth-order valence-corrected chi connectivity index (χ4v) is 2.93. The highest BCUT2D eigenvalue weighted by atomic mass is 35.6. The van der Waals surface area contributed by atoms with Crippen LogP contribution in [0, 0.1) is 0 Å². The minimum absolute atomic E-state index is 0.396. The molecule has 6 heteroatoms. The first-order valence-electron chi connectivity index (χ1n) is 6.47. The van der Waals surface area contributed by atoms with Crippen LogP contribution in [0.15, 0.2) is 36.4 Å². The monoisotopic (exact) mass is 355 g/mol. The Kier molecular flexibility index (Phi) is 3.98. The predicted molar refractivity (Wildman–Crippen MR) is 91.6 cm³/mol. The van der Waals surface area contributed by atoms with Crippen LogP contribution in [-0.2, 0) is 3.79 Å². The van der Waals surface area contributed by atoms with E-state index in [9.17, 15) is 0 Å². The van der Waals surface area contributed by atoms with Gasteiger partial charge in [-0.1, -0.05) is 59.1 Å². The molecule has 1 heterocycles. The maximum atomic E-state index is 6.08. The second-order valence-corrected chi connectivity index (χ2v) is 7.01. The molecule has 0 saturated carbocycles. The van der Waals surface area contributed by atoms with Gasteiger partial charge in [0.1, 0.15) is 5.69 Å². The third-order valence-electron chi connectivity index (χ3n) is 3.47. The Morgan fingerprint density at radius 3 is 2.05 bits per heavy atom. The van der Waals surface area contributed by atoms with Crippen LogP contribution in [0.2, 0.25) is 0 Å². The van der Waals surface area contributed by atoms with E-state index in [2.05, 4.69) is 4.98 Å². The van der Waals surface area contributed by atoms with Gasteiger partial charge in [-0.15, -0.1) is 0 Å². The Hall–Kier alpha value is -1.42. The van der Waals surface area contributed by atoms with Crippen molar-refractivity contribution in [2.24, 2.45) is 0 Å². The maximum absolute atomic E-state index is 6.08. The molecular weight excluding hydrogens is 345 g/mol. The lowest BCUT2D eigenvalue weighted by molar-refractivity contribution is 0.356. The number of ether oxygens (including phenoxy) is 2. The molecule has 1 aromatic heterocycles. The summed E-state index contributed by atoms with van der Waals surface area (Å²) in [6.07, 6.45) is 0. The van der Waals surface area contributed by atoms with Crippen LogP contribution in [0.4, 0.5) is 0 Å². The Morgan fingerprint density at radius 2 is 1.45 bits per heavy atom. The molecule has 0 atom stereocenters. The second kappa shape index (κ2) is 5.65. The van der Waals surface area contributed by atoms with Gasteiger partial charge in [0.2, 0.25) is 3.79 Å². The van der Waals surface area contributed by atoms with Crippen molar-refractivity contribution in [3.63, 3.8) is 0 Å². The van der Waals surface area contributed by atoms with Crippen molar-refractivity contribution in [2.75, 3.05) is 14.2 Å². The molecule has 22 heavy (non-hydrogen) atoms. The molecule has 3 aromatic rings. The number of aromatic nitrogens is 1. The van der Waals surface area contributed by atoms with E-state index in [1.165, 1.54) is 0 Å². The zero-order valence-electron chi connectivity index (χ0n) is 11.9. The van der Waals surface area contributed by atoms with E-state index in [-0.39, 0.29) is 0 Å². The van der Waals surface area contributed by atoms with E-state index < -0.39 is 3.79 Å². The van der Waals surface area contributed by atoms with Crippen LogP contribution in [0.5, 0.6) is 11.5 Å². The summed E-state index contributed by atoms with van der Waals surface area (Å²) in [6, 6.07) is 11.3. The van der Waals surface area contributed by atoms with Crippen LogP contribution in [0.1, 0.15) is 5.69 Å². The van der Waals surface area contributed by atoms with Crippen molar-refractivity contribution < 1.29 is 9.47 Å². The molecule has 0 unspecified atom stereocenters. The average Bonchev–Trinajstić information content (AvgIpc) is 2.51. The predicted octanol–water partition coefficient (Wildman–Crippen LogP) is 5.23. The first-order chi connectivity index (χ1) is 10.5. The van der Waals surface area contributed by atoms with E-state index in [0.29, 0.717) is 22.7 Å². The molecule has 0 radical (unpaired) electrons. The molecular formula is C16H12Cl3NO2. The SMILES string of the molecule is COc1cc2nc(C(Cl)(Cl)Cl)c3ccccc3c2cc1OC. The Morgan fingerprint density at radius 1 is 0.864 bits per heavy atom. The van der Waals surface area contributed by atoms with Gasteiger partial charge in [-0.25, -0.2) is 4.98 Å². The molecule has 0 aliphatic carbocycles. The molecule has 0 fully saturated rings. The number of hydrogen-bond acceptors (Lipinski definition) is 3. The summed E-state index contributed by atoms with van der Waals surface area (Å²) in [7, 11) is 3.16. The van der Waals surface area contributed by atoms with Gasteiger partial charge < -0.3 is 9.47 Å². The Bertz CT molecular complexity index is 859. The van der Waals surface area contributed by atoms with Gasteiger partial charge in [0, 0.05) is 16.8 Å². The number of fused-ring (bicyclic) bond motifs is 3. The van der Waals surface area contributed by atoms with Crippen molar-refractivity contribution in [1.29, 1.82) is 0 Å². The van der Waals surface area contributed by atoms with Crippen molar-refractivity contribution >= 4 is 56.5 Å². The lowest BCUT2D eigenvalue weighted by atomic mass is 10.0. The van der Waals surface area contributed by atoms with Crippen LogP contribution >= 0.6 is 34.8 Å². The summed E-state index contributed by atoms with van der Waals surface area (Å²) in [5, 5.41) is 2.64. The number of nitrogens with zero attached hydrogens (tertiary/aromatic N) is 1. The smallest absolute Gasteiger partial charge is 0.233 e. The minimum atomic E-state index is -1.61. The highest BCUT2D eigenvalue weighted by Crippen LogP contribution is 2.43. The van der Waals surface area contributed by atoms with E-state index >= 15 is 0 Å². The summed E-state index contributed by atoms with van der Waals surface area (Å²) in [4.78, 5) is 4.53. The van der Waals surface area contributed by atoms with Gasteiger partial charge in [-0.3, -0.25) is 0 Å². The van der Waals surface area contributed by atoms with Gasteiger partial charge in [0.15, 0.2) is 11.5 Å². The summed E-state index contributed by atoms with van der Waals surface area (Å²) >= 11 is 18.2. The normalized spacial score (nSPS) is 11.9. The second-order valence-electron chi connectivity index (χ2n) is 4.73. The van der Waals surface area contributed by atoms with E-state index in [1.807, 2.05) is 30.3 Å². The lowest BCUT2D eigenvalue weighted by Crippen LogP contribution is -2.05. The largest absolute Gasteiger partial charge is 0.493 e. The number of halogens is 3. The first-order valence-corrected chi connectivity index (χ1v) is 7.60. The van der Waals surface area contributed by atoms with E-state index in [0.717, 1.165) is 16.2 Å². The molecule has 0 N–H and O–H groups in total. The van der Waals surface area contributed by atoms with E-state index in [1.54, 1.807) is 20.3 Å². The zero-order valence-corrected chi connectivity index (χ0v) is 14.1. The zero-order chi connectivity index (χ0) is 15.9. The van der Waals surface area contributed by atoms with Crippen molar-refractivity contribution in [3.8, 4) is 11.5 Å².